The summed E-state index contributed by atoms with van der Waals surface area (Å²) in [5.41, 5.74) is 0.865. The molecule has 0 bridgehead atoms. The minimum Gasteiger partial charge on any atom is -0.406 e. The first-order valence-corrected chi connectivity index (χ1v) is 8.85. The van der Waals surface area contributed by atoms with Crippen LogP contribution in [0.2, 0.25) is 0 Å². The Morgan fingerprint density at radius 3 is 2.54 bits per heavy atom. The number of unbranched alkanes of at least 4 members (excludes halogenated alkanes) is 2. The number of rotatable bonds is 7. The molecule has 6 nitrogen and oxygen atoms in total. The van der Waals surface area contributed by atoms with Crippen molar-refractivity contribution in [2.45, 2.75) is 39.1 Å². The summed E-state index contributed by atoms with van der Waals surface area (Å²) in [6, 6.07) is 8.39. The van der Waals surface area contributed by atoms with Crippen LogP contribution in [0.1, 0.15) is 26.2 Å². The van der Waals surface area contributed by atoms with Crippen molar-refractivity contribution in [2.24, 2.45) is 0 Å². The number of pyridine rings is 1. The largest absolute Gasteiger partial charge is 0.573 e. The Morgan fingerprint density at radius 2 is 1.86 bits per heavy atom. The van der Waals surface area contributed by atoms with E-state index in [1.807, 2.05) is 0 Å². The first kappa shape index (κ1) is 19.7. The Kier molecular flexibility index (Phi) is 5.81. The Balaban J connectivity index is 1.83. The van der Waals surface area contributed by atoms with Gasteiger partial charge in [-0.2, -0.15) is 4.98 Å². The number of hydrogen-bond donors (Lipinski definition) is 1. The van der Waals surface area contributed by atoms with E-state index in [-0.39, 0.29) is 17.3 Å². The normalized spacial score (nSPS) is 11.6. The van der Waals surface area contributed by atoms with Crippen LogP contribution in [0.3, 0.4) is 0 Å². The maximum Gasteiger partial charge on any atom is 0.573 e. The zero-order valence-corrected chi connectivity index (χ0v) is 15.2. The molecule has 0 unspecified atom stereocenters. The first-order chi connectivity index (χ1) is 13.4. The van der Waals surface area contributed by atoms with Crippen LogP contribution in [-0.2, 0) is 6.54 Å². The Bertz CT molecular complexity index is 1000. The molecule has 0 amide bonds. The van der Waals surface area contributed by atoms with E-state index in [0.29, 0.717) is 17.9 Å². The lowest BCUT2D eigenvalue weighted by Gasteiger charge is -2.11. The van der Waals surface area contributed by atoms with Crippen molar-refractivity contribution in [3.63, 3.8) is 0 Å². The van der Waals surface area contributed by atoms with Gasteiger partial charge in [-0.3, -0.25) is 9.36 Å². The molecule has 0 aliphatic rings. The molecule has 0 fully saturated rings. The number of halogens is 3. The van der Waals surface area contributed by atoms with Gasteiger partial charge in [0, 0.05) is 29.9 Å². The van der Waals surface area contributed by atoms with Crippen LogP contribution in [0.25, 0.3) is 11.0 Å². The summed E-state index contributed by atoms with van der Waals surface area (Å²) < 4.78 is 42.2. The molecule has 0 atom stereocenters. The molecule has 0 radical (unpaired) electrons. The van der Waals surface area contributed by atoms with E-state index in [9.17, 15) is 18.0 Å². The molecule has 9 heteroatoms. The molecule has 1 aromatic carbocycles. The van der Waals surface area contributed by atoms with Gasteiger partial charge in [-0.05, 0) is 36.8 Å². The van der Waals surface area contributed by atoms with Gasteiger partial charge in [-0.1, -0.05) is 19.8 Å². The number of hydrogen-bond acceptors (Lipinski definition) is 5. The van der Waals surface area contributed by atoms with E-state index in [0.717, 1.165) is 24.6 Å². The molecular weight excluding hydrogens is 373 g/mol. The van der Waals surface area contributed by atoms with Crippen LogP contribution in [0.4, 0.5) is 24.8 Å². The fraction of sp³-hybridized carbons (Fsp3) is 0.316. The van der Waals surface area contributed by atoms with Crippen molar-refractivity contribution >= 4 is 22.7 Å². The highest BCUT2D eigenvalue weighted by atomic mass is 19.4. The van der Waals surface area contributed by atoms with Gasteiger partial charge in [0.1, 0.15) is 11.4 Å². The van der Waals surface area contributed by atoms with Crippen molar-refractivity contribution in [1.82, 2.24) is 14.5 Å². The third kappa shape index (κ3) is 4.99. The van der Waals surface area contributed by atoms with Crippen LogP contribution in [-0.4, -0.2) is 20.9 Å². The predicted molar refractivity (Wildman–Crippen MR) is 99.7 cm³/mol. The van der Waals surface area contributed by atoms with Crippen LogP contribution in [0.5, 0.6) is 5.75 Å². The Labute approximate surface area is 159 Å². The average molecular weight is 392 g/mol. The zero-order chi connectivity index (χ0) is 20.1. The number of ether oxygens (including phenoxy) is 1. The minimum atomic E-state index is -4.74. The highest BCUT2D eigenvalue weighted by molar-refractivity contribution is 5.75. The van der Waals surface area contributed by atoms with Gasteiger partial charge < -0.3 is 10.1 Å². The smallest absolute Gasteiger partial charge is 0.406 e. The third-order valence-electron chi connectivity index (χ3n) is 4.05. The number of alkyl halides is 3. The van der Waals surface area contributed by atoms with Crippen molar-refractivity contribution in [3.05, 3.63) is 52.9 Å². The SMILES string of the molecule is CCCCCn1c(=O)ccc2cnc(Nc3ccc(OC(F)(F)F)cc3)nc21. The van der Waals surface area contributed by atoms with E-state index < -0.39 is 6.36 Å². The molecule has 3 rings (SSSR count). The third-order valence-corrected chi connectivity index (χ3v) is 4.05. The molecule has 0 saturated heterocycles. The van der Waals surface area contributed by atoms with Crippen molar-refractivity contribution in [2.75, 3.05) is 5.32 Å². The van der Waals surface area contributed by atoms with E-state index in [4.69, 9.17) is 0 Å². The fourth-order valence-electron chi connectivity index (χ4n) is 2.74. The molecule has 148 valence electrons. The van der Waals surface area contributed by atoms with Gasteiger partial charge in [-0.25, -0.2) is 4.98 Å². The van der Waals surface area contributed by atoms with E-state index >= 15 is 0 Å². The lowest BCUT2D eigenvalue weighted by molar-refractivity contribution is -0.274. The second-order valence-corrected chi connectivity index (χ2v) is 6.20. The van der Waals surface area contributed by atoms with Gasteiger partial charge in [-0.15, -0.1) is 13.2 Å². The summed E-state index contributed by atoms with van der Waals surface area (Å²) >= 11 is 0. The number of benzene rings is 1. The minimum absolute atomic E-state index is 0.137. The maximum absolute atomic E-state index is 12.2. The van der Waals surface area contributed by atoms with E-state index in [1.54, 1.807) is 16.8 Å². The lowest BCUT2D eigenvalue weighted by Crippen LogP contribution is -2.20. The van der Waals surface area contributed by atoms with Crippen molar-refractivity contribution in [3.8, 4) is 5.75 Å². The molecule has 28 heavy (non-hydrogen) atoms. The predicted octanol–water partition coefficient (Wildman–Crippen LogP) is 4.62. The molecule has 2 heterocycles. The van der Waals surface area contributed by atoms with Gasteiger partial charge in [0.15, 0.2) is 0 Å². The second kappa shape index (κ2) is 8.28. The summed E-state index contributed by atoms with van der Waals surface area (Å²) in [6.07, 6.45) is -0.233. The fourth-order valence-corrected chi connectivity index (χ4v) is 2.74. The number of nitrogens with zero attached hydrogens (tertiary/aromatic N) is 3. The molecule has 0 saturated carbocycles. The van der Waals surface area contributed by atoms with Gasteiger partial charge in [0.2, 0.25) is 5.95 Å². The lowest BCUT2D eigenvalue weighted by atomic mass is 10.2. The monoisotopic (exact) mass is 392 g/mol. The van der Waals surface area contributed by atoms with Crippen molar-refractivity contribution < 1.29 is 17.9 Å². The number of fused-ring (bicyclic) bond motifs is 1. The quantitative estimate of drug-likeness (QED) is 0.594. The van der Waals surface area contributed by atoms with E-state index in [2.05, 4.69) is 26.9 Å². The molecule has 1 N–H and O–H groups in total. The molecule has 0 aliphatic heterocycles. The van der Waals surface area contributed by atoms with Gasteiger partial charge in [0.05, 0.1) is 0 Å². The van der Waals surface area contributed by atoms with Crippen LogP contribution in [0.15, 0.2) is 47.4 Å². The molecule has 0 spiro atoms. The van der Waals surface area contributed by atoms with Crippen LogP contribution < -0.4 is 15.6 Å². The molecule has 3 aromatic rings. The Morgan fingerprint density at radius 1 is 1.11 bits per heavy atom. The highest BCUT2D eigenvalue weighted by Crippen LogP contribution is 2.25. The molecule has 0 aliphatic carbocycles. The van der Waals surface area contributed by atoms with Gasteiger partial charge in [0.25, 0.3) is 5.56 Å². The number of nitrogens with one attached hydrogen (secondary N) is 1. The summed E-state index contributed by atoms with van der Waals surface area (Å²) in [7, 11) is 0. The summed E-state index contributed by atoms with van der Waals surface area (Å²) in [4.78, 5) is 20.8. The number of aryl methyl sites for hydroxylation is 1. The molecule has 2 aromatic heterocycles. The molecular formula is C19H19F3N4O2. The first-order valence-electron chi connectivity index (χ1n) is 8.85. The summed E-state index contributed by atoms with van der Waals surface area (Å²) in [5, 5.41) is 3.66. The topological polar surface area (TPSA) is 69.0 Å². The van der Waals surface area contributed by atoms with Gasteiger partial charge >= 0.3 is 6.36 Å². The zero-order valence-electron chi connectivity index (χ0n) is 15.2. The van der Waals surface area contributed by atoms with E-state index in [1.165, 1.54) is 30.3 Å². The van der Waals surface area contributed by atoms with Crippen LogP contribution >= 0.6 is 0 Å². The number of aromatic nitrogens is 3. The number of anilines is 2. The summed E-state index contributed by atoms with van der Waals surface area (Å²) in [5.74, 6) is -0.0749. The van der Waals surface area contributed by atoms with Crippen LogP contribution in [0, 0.1) is 0 Å². The average Bonchev–Trinajstić information content (AvgIpc) is 2.64. The van der Waals surface area contributed by atoms with Crippen molar-refractivity contribution in [1.29, 1.82) is 0 Å². The summed E-state index contributed by atoms with van der Waals surface area (Å²) in [6.45, 7) is 2.64. The highest BCUT2D eigenvalue weighted by Gasteiger charge is 2.30. The second-order valence-electron chi connectivity index (χ2n) is 6.20. The Hall–Kier alpha value is -3.10. The standard InChI is InChI=1S/C19H19F3N4O2/c1-2-3-4-11-26-16(27)10-5-13-12-23-18(25-17(13)26)24-14-6-8-15(9-7-14)28-19(20,21)22/h5-10,12H,2-4,11H2,1H3,(H,23,24,25). The maximum atomic E-state index is 12.2.